The number of primary amides is 1. The van der Waals surface area contributed by atoms with Crippen molar-refractivity contribution in [1.29, 1.82) is 0 Å². The van der Waals surface area contributed by atoms with Crippen LogP contribution in [0, 0.1) is 0 Å². The topological polar surface area (TPSA) is 92.5 Å². The van der Waals surface area contributed by atoms with Crippen molar-refractivity contribution < 1.29 is 14.4 Å². The number of carbonyl (C=O) groups is 3. The molecular formula is C17H17N3O3. The van der Waals surface area contributed by atoms with Crippen LogP contribution in [0.3, 0.4) is 0 Å². The molecule has 6 heteroatoms. The molecule has 3 rings (SSSR count). The highest BCUT2D eigenvalue weighted by Crippen LogP contribution is 2.31. The summed E-state index contributed by atoms with van der Waals surface area (Å²) in [5.41, 5.74) is 4.66. The van der Waals surface area contributed by atoms with E-state index in [1.54, 1.807) is 6.92 Å². The fourth-order valence-electron chi connectivity index (χ4n) is 2.82. The van der Waals surface area contributed by atoms with Crippen molar-refractivity contribution in [3.8, 4) is 0 Å². The Labute approximate surface area is 133 Å². The lowest BCUT2D eigenvalue weighted by Crippen LogP contribution is -2.41. The van der Waals surface area contributed by atoms with Gasteiger partial charge in [-0.25, -0.2) is 4.79 Å². The third kappa shape index (κ3) is 2.52. The zero-order valence-corrected chi connectivity index (χ0v) is 12.7. The van der Waals surface area contributed by atoms with Crippen molar-refractivity contribution in [3.63, 3.8) is 0 Å². The number of fused-ring (bicyclic) bond motifs is 1. The van der Waals surface area contributed by atoms with E-state index < -0.39 is 17.5 Å². The predicted molar refractivity (Wildman–Crippen MR) is 85.4 cm³/mol. The lowest BCUT2D eigenvalue weighted by atomic mass is 9.90. The molecule has 0 bridgehead atoms. The van der Waals surface area contributed by atoms with Gasteiger partial charge in [0, 0.05) is 13.0 Å². The second-order valence-electron chi connectivity index (χ2n) is 5.79. The molecule has 0 radical (unpaired) electrons. The summed E-state index contributed by atoms with van der Waals surface area (Å²) in [5.74, 6) is -0.927. The Morgan fingerprint density at radius 3 is 2.57 bits per heavy atom. The number of rotatable bonds is 4. The second-order valence-corrected chi connectivity index (χ2v) is 5.79. The number of imide groups is 1. The maximum Gasteiger partial charge on any atom is 0.325 e. The highest BCUT2D eigenvalue weighted by Gasteiger charge is 2.48. The molecule has 1 fully saturated rings. The molecule has 0 aromatic heterocycles. The van der Waals surface area contributed by atoms with Crippen LogP contribution in [0.4, 0.5) is 4.79 Å². The number of hydrogen-bond donors (Lipinski definition) is 2. The lowest BCUT2D eigenvalue weighted by Gasteiger charge is -2.22. The van der Waals surface area contributed by atoms with Crippen LogP contribution < -0.4 is 11.1 Å². The molecule has 6 nitrogen and oxygen atoms in total. The molecule has 2 aromatic rings. The van der Waals surface area contributed by atoms with Crippen molar-refractivity contribution in [2.75, 3.05) is 6.54 Å². The molecule has 1 saturated heterocycles. The number of nitrogens with zero attached hydrogens (tertiary/aromatic N) is 1. The highest BCUT2D eigenvalue weighted by molar-refractivity contribution is 6.07. The average molecular weight is 311 g/mol. The molecule has 0 aliphatic carbocycles. The number of amides is 4. The van der Waals surface area contributed by atoms with Crippen LogP contribution in [0.5, 0.6) is 0 Å². The normalized spacial score (nSPS) is 20.8. The van der Waals surface area contributed by atoms with Crippen LogP contribution in [0.25, 0.3) is 10.8 Å². The van der Waals surface area contributed by atoms with E-state index in [1.807, 2.05) is 42.5 Å². The monoisotopic (exact) mass is 311 g/mol. The first-order valence-electron chi connectivity index (χ1n) is 7.33. The van der Waals surface area contributed by atoms with E-state index >= 15 is 0 Å². The van der Waals surface area contributed by atoms with Gasteiger partial charge in [-0.05, 0) is 29.3 Å². The standard InChI is InChI=1S/C17H17N3O3/c1-17(13-7-6-11-4-2-3-5-12(11)10-13)15(22)20(16(23)19-17)9-8-14(18)21/h2-7,10H,8-9H2,1H3,(H2,18,21)(H,19,23). The molecule has 4 amide bonds. The number of nitrogens with two attached hydrogens (primary N) is 1. The molecule has 0 saturated carbocycles. The number of urea groups is 1. The van der Waals surface area contributed by atoms with Crippen molar-refractivity contribution in [1.82, 2.24) is 10.2 Å². The Kier molecular flexibility index (Phi) is 3.52. The fourth-order valence-corrected chi connectivity index (χ4v) is 2.82. The Morgan fingerprint density at radius 1 is 1.17 bits per heavy atom. The van der Waals surface area contributed by atoms with E-state index in [-0.39, 0.29) is 18.9 Å². The zero-order valence-electron chi connectivity index (χ0n) is 12.7. The Bertz CT molecular complexity index is 818. The molecule has 1 aliphatic rings. The summed E-state index contributed by atoms with van der Waals surface area (Å²) in [6, 6.07) is 12.9. The van der Waals surface area contributed by atoms with Gasteiger partial charge in [0.15, 0.2) is 0 Å². The molecule has 3 N–H and O–H groups in total. The van der Waals surface area contributed by atoms with E-state index in [4.69, 9.17) is 5.73 Å². The number of nitrogens with one attached hydrogen (secondary N) is 1. The van der Waals surface area contributed by atoms with Gasteiger partial charge in [0.25, 0.3) is 5.91 Å². The molecule has 0 spiro atoms. The number of carbonyl (C=O) groups excluding carboxylic acids is 3. The predicted octanol–water partition coefficient (Wildman–Crippen LogP) is 1.48. The van der Waals surface area contributed by atoms with Crippen LogP contribution in [0.1, 0.15) is 18.9 Å². The average Bonchev–Trinajstić information content (AvgIpc) is 2.75. The van der Waals surface area contributed by atoms with Gasteiger partial charge in [0.2, 0.25) is 5.91 Å². The summed E-state index contributed by atoms with van der Waals surface area (Å²) in [6.07, 6.45) is -0.0487. The molecule has 1 unspecified atom stereocenters. The minimum atomic E-state index is -1.14. The quantitative estimate of drug-likeness (QED) is 0.838. The summed E-state index contributed by atoms with van der Waals surface area (Å²) in [5, 5.41) is 4.77. The van der Waals surface area contributed by atoms with E-state index in [0.29, 0.717) is 5.56 Å². The first kappa shape index (κ1) is 15.0. The van der Waals surface area contributed by atoms with E-state index in [9.17, 15) is 14.4 Å². The summed E-state index contributed by atoms with van der Waals surface area (Å²) < 4.78 is 0. The summed E-state index contributed by atoms with van der Waals surface area (Å²) in [7, 11) is 0. The maximum absolute atomic E-state index is 12.7. The van der Waals surface area contributed by atoms with Gasteiger partial charge in [-0.1, -0.05) is 36.4 Å². The minimum Gasteiger partial charge on any atom is -0.370 e. The third-order valence-electron chi connectivity index (χ3n) is 4.18. The van der Waals surface area contributed by atoms with Crippen molar-refractivity contribution in [2.24, 2.45) is 5.73 Å². The summed E-state index contributed by atoms with van der Waals surface area (Å²) >= 11 is 0. The fraction of sp³-hybridized carbons (Fsp3) is 0.235. The van der Waals surface area contributed by atoms with E-state index in [2.05, 4.69) is 5.32 Å². The zero-order chi connectivity index (χ0) is 16.6. The maximum atomic E-state index is 12.7. The largest absolute Gasteiger partial charge is 0.370 e. The van der Waals surface area contributed by atoms with Gasteiger partial charge in [-0.2, -0.15) is 0 Å². The minimum absolute atomic E-state index is 0.0107. The number of hydrogen-bond acceptors (Lipinski definition) is 3. The van der Waals surface area contributed by atoms with E-state index in [1.165, 1.54) is 0 Å². The van der Waals surface area contributed by atoms with Crippen molar-refractivity contribution >= 4 is 28.6 Å². The highest BCUT2D eigenvalue weighted by atomic mass is 16.2. The van der Waals surface area contributed by atoms with Crippen LogP contribution in [-0.4, -0.2) is 29.3 Å². The lowest BCUT2D eigenvalue weighted by molar-refractivity contribution is -0.131. The Hall–Kier alpha value is -2.89. The van der Waals surface area contributed by atoms with E-state index in [0.717, 1.165) is 15.7 Å². The van der Waals surface area contributed by atoms with Gasteiger partial charge >= 0.3 is 6.03 Å². The van der Waals surface area contributed by atoms with Crippen LogP contribution in [0.15, 0.2) is 42.5 Å². The molecule has 118 valence electrons. The molecule has 23 heavy (non-hydrogen) atoms. The van der Waals surface area contributed by atoms with Gasteiger partial charge in [-0.15, -0.1) is 0 Å². The molecule has 2 aromatic carbocycles. The number of benzene rings is 2. The van der Waals surface area contributed by atoms with Gasteiger partial charge in [0.1, 0.15) is 5.54 Å². The first-order chi connectivity index (χ1) is 10.9. The second kappa shape index (κ2) is 5.39. The summed E-state index contributed by atoms with van der Waals surface area (Å²) in [6.45, 7) is 1.66. The van der Waals surface area contributed by atoms with Gasteiger partial charge in [-0.3, -0.25) is 14.5 Å². The van der Waals surface area contributed by atoms with Crippen LogP contribution >= 0.6 is 0 Å². The van der Waals surface area contributed by atoms with Gasteiger partial charge in [0.05, 0.1) is 0 Å². The third-order valence-corrected chi connectivity index (χ3v) is 4.18. The van der Waals surface area contributed by atoms with Crippen molar-refractivity contribution in [2.45, 2.75) is 18.9 Å². The van der Waals surface area contributed by atoms with Crippen LogP contribution in [0.2, 0.25) is 0 Å². The molecule has 1 heterocycles. The van der Waals surface area contributed by atoms with Crippen molar-refractivity contribution in [3.05, 3.63) is 48.0 Å². The SMILES string of the molecule is CC1(c2ccc3ccccc3c2)NC(=O)N(CCC(N)=O)C1=O. The van der Waals surface area contributed by atoms with Crippen LogP contribution in [-0.2, 0) is 15.1 Å². The summed E-state index contributed by atoms with van der Waals surface area (Å²) in [4.78, 5) is 36.7. The Morgan fingerprint density at radius 2 is 1.87 bits per heavy atom. The molecule has 1 aliphatic heterocycles. The smallest absolute Gasteiger partial charge is 0.325 e. The molecular weight excluding hydrogens is 294 g/mol. The van der Waals surface area contributed by atoms with Gasteiger partial charge < -0.3 is 11.1 Å². The first-order valence-corrected chi connectivity index (χ1v) is 7.33. The Balaban J connectivity index is 1.95. The molecule has 1 atom stereocenters.